The molecule has 0 aliphatic carbocycles. The van der Waals surface area contributed by atoms with E-state index in [1.165, 1.54) is 6.07 Å². The molecule has 1 aromatic carbocycles. The van der Waals surface area contributed by atoms with Crippen LogP contribution >= 0.6 is 0 Å². The van der Waals surface area contributed by atoms with E-state index >= 15 is 0 Å². The lowest BCUT2D eigenvalue weighted by molar-refractivity contribution is -0.130. The lowest BCUT2D eigenvalue weighted by Crippen LogP contribution is -2.36. The van der Waals surface area contributed by atoms with Crippen LogP contribution in [0.4, 0.5) is 5.69 Å². The fraction of sp³-hybridized carbons (Fsp3) is 0.556. The molecule has 0 aromatic heterocycles. The van der Waals surface area contributed by atoms with E-state index in [9.17, 15) is 18.0 Å². The van der Waals surface area contributed by atoms with Gasteiger partial charge in [-0.05, 0) is 49.4 Å². The van der Waals surface area contributed by atoms with Crippen LogP contribution in [0.5, 0.6) is 0 Å². The van der Waals surface area contributed by atoms with Crippen LogP contribution in [0, 0.1) is 0 Å². The van der Waals surface area contributed by atoms with Gasteiger partial charge in [0.15, 0.2) is 0 Å². The summed E-state index contributed by atoms with van der Waals surface area (Å²) in [6.45, 7) is 3.32. The molecule has 7 nitrogen and oxygen atoms in total. The molecule has 2 amide bonds. The Labute approximate surface area is 154 Å². The number of benzene rings is 1. The number of rotatable bonds is 5. The van der Waals surface area contributed by atoms with Gasteiger partial charge in [0.2, 0.25) is 21.8 Å². The van der Waals surface area contributed by atoms with Crippen molar-refractivity contribution >= 4 is 27.5 Å². The van der Waals surface area contributed by atoms with Crippen molar-refractivity contribution in [3.8, 4) is 0 Å². The van der Waals surface area contributed by atoms with Gasteiger partial charge in [-0.1, -0.05) is 6.92 Å². The minimum absolute atomic E-state index is 0.0500. The van der Waals surface area contributed by atoms with E-state index in [1.54, 1.807) is 12.1 Å². The second-order valence-electron chi connectivity index (χ2n) is 6.89. The molecule has 1 fully saturated rings. The van der Waals surface area contributed by atoms with Crippen LogP contribution in [0.25, 0.3) is 0 Å². The molecular weight excluding hydrogens is 354 g/mol. The highest BCUT2D eigenvalue weighted by Crippen LogP contribution is 2.26. The number of hydrogen-bond acceptors (Lipinski definition) is 4. The summed E-state index contributed by atoms with van der Waals surface area (Å²) in [6, 6.07) is 4.53. The van der Waals surface area contributed by atoms with Gasteiger partial charge in [-0.15, -0.1) is 0 Å². The zero-order chi connectivity index (χ0) is 18.7. The van der Waals surface area contributed by atoms with Gasteiger partial charge in [-0.2, -0.15) is 0 Å². The fourth-order valence-corrected chi connectivity index (χ4v) is 4.83. The Morgan fingerprint density at radius 1 is 1.19 bits per heavy atom. The van der Waals surface area contributed by atoms with Crippen molar-refractivity contribution in [2.75, 3.05) is 18.4 Å². The standard InChI is InChI=1S/C18H25N3O4S/c1-2-10-21-11-9-14(4-8-18(21)23)20-26(24,25)15-5-6-16-13(12-15)3-7-17(22)19-16/h5-6,12,14,20H,2-4,7-11H2,1H3,(H,19,22). The predicted molar refractivity (Wildman–Crippen MR) is 98.2 cm³/mol. The van der Waals surface area contributed by atoms with Crippen molar-refractivity contribution in [1.29, 1.82) is 0 Å². The highest BCUT2D eigenvalue weighted by Gasteiger charge is 2.27. The maximum Gasteiger partial charge on any atom is 0.240 e. The summed E-state index contributed by atoms with van der Waals surface area (Å²) >= 11 is 0. The van der Waals surface area contributed by atoms with Gasteiger partial charge in [-0.25, -0.2) is 13.1 Å². The summed E-state index contributed by atoms with van der Waals surface area (Å²) in [5.41, 5.74) is 1.51. The predicted octanol–water partition coefficient (Wildman–Crippen LogP) is 1.64. The summed E-state index contributed by atoms with van der Waals surface area (Å²) in [5, 5.41) is 2.75. The smallest absolute Gasteiger partial charge is 0.240 e. The second kappa shape index (κ2) is 7.75. The van der Waals surface area contributed by atoms with E-state index in [1.807, 2.05) is 11.8 Å². The fourth-order valence-electron chi connectivity index (χ4n) is 3.48. The van der Waals surface area contributed by atoms with E-state index in [0.29, 0.717) is 44.3 Å². The lowest BCUT2D eigenvalue weighted by atomic mass is 10.0. The normalized spacial score (nSPS) is 21.1. The van der Waals surface area contributed by atoms with Crippen LogP contribution in [0.2, 0.25) is 0 Å². The van der Waals surface area contributed by atoms with Gasteiger partial charge in [0.05, 0.1) is 4.90 Å². The maximum atomic E-state index is 12.8. The Hall–Kier alpha value is -1.93. The van der Waals surface area contributed by atoms with Crippen LogP contribution in [-0.2, 0) is 26.0 Å². The number of amides is 2. The van der Waals surface area contributed by atoms with E-state index in [4.69, 9.17) is 0 Å². The molecule has 0 radical (unpaired) electrons. The number of carbonyl (C=O) groups excluding carboxylic acids is 2. The molecule has 1 saturated heterocycles. The van der Waals surface area contributed by atoms with Crippen molar-refractivity contribution < 1.29 is 18.0 Å². The summed E-state index contributed by atoms with van der Waals surface area (Å²) < 4.78 is 28.3. The molecule has 142 valence electrons. The summed E-state index contributed by atoms with van der Waals surface area (Å²) in [4.78, 5) is 25.5. The van der Waals surface area contributed by atoms with Gasteiger partial charge in [-0.3, -0.25) is 9.59 Å². The first-order chi connectivity index (χ1) is 12.4. The molecule has 3 rings (SSSR count). The SMILES string of the molecule is CCCN1CCC(NS(=O)(=O)c2ccc3c(c2)CCC(=O)N3)CCC1=O. The van der Waals surface area contributed by atoms with Crippen LogP contribution in [-0.4, -0.2) is 44.3 Å². The third kappa shape index (κ3) is 4.24. The number of nitrogens with one attached hydrogen (secondary N) is 2. The van der Waals surface area contributed by atoms with Gasteiger partial charge in [0.1, 0.15) is 0 Å². The molecule has 26 heavy (non-hydrogen) atoms. The Morgan fingerprint density at radius 2 is 2.00 bits per heavy atom. The molecule has 2 aliphatic rings. The molecular formula is C18H25N3O4S. The number of anilines is 1. The largest absolute Gasteiger partial charge is 0.343 e. The van der Waals surface area contributed by atoms with E-state index in [-0.39, 0.29) is 22.8 Å². The molecule has 0 bridgehead atoms. The monoisotopic (exact) mass is 379 g/mol. The maximum absolute atomic E-state index is 12.8. The van der Waals surface area contributed by atoms with Crippen LogP contribution in [0.3, 0.4) is 0 Å². The Bertz CT molecular complexity index is 807. The third-order valence-corrected chi connectivity index (χ3v) is 6.42. The van der Waals surface area contributed by atoms with Gasteiger partial charge >= 0.3 is 0 Å². The first-order valence-electron chi connectivity index (χ1n) is 9.12. The number of fused-ring (bicyclic) bond motifs is 1. The molecule has 2 N–H and O–H groups in total. The topological polar surface area (TPSA) is 95.6 Å². The lowest BCUT2D eigenvalue weighted by Gasteiger charge is -2.21. The van der Waals surface area contributed by atoms with Gasteiger partial charge in [0.25, 0.3) is 0 Å². The number of aryl methyl sites for hydroxylation is 1. The van der Waals surface area contributed by atoms with Crippen LogP contribution in [0.15, 0.2) is 23.1 Å². The van der Waals surface area contributed by atoms with Gasteiger partial charge in [0, 0.05) is 37.7 Å². The second-order valence-corrected chi connectivity index (χ2v) is 8.61. The van der Waals surface area contributed by atoms with E-state index < -0.39 is 10.0 Å². The van der Waals surface area contributed by atoms with E-state index in [2.05, 4.69) is 10.0 Å². The van der Waals surface area contributed by atoms with Crippen LogP contribution < -0.4 is 10.0 Å². The Morgan fingerprint density at radius 3 is 2.77 bits per heavy atom. The zero-order valence-electron chi connectivity index (χ0n) is 15.0. The summed E-state index contributed by atoms with van der Waals surface area (Å²) in [5.74, 6) is 0.0454. The molecule has 8 heteroatoms. The number of likely N-dealkylation sites (tertiary alicyclic amines) is 1. The Balaban J connectivity index is 1.71. The van der Waals surface area contributed by atoms with Crippen molar-refractivity contribution in [2.24, 2.45) is 0 Å². The molecule has 1 atom stereocenters. The highest BCUT2D eigenvalue weighted by molar-refractivity contribution is 7.89. The first kappa shape index (κ1) is 18.8. The minimum Gasteiger partial charge on any atom is -0.343 e. The number of nitrogens with zero attached hydrogens (tertiary/aromatic N) is 1. The number of sulfonamides is 1. The summed E-state index contributed by atoms with van der Waals surface area (Å²) in [6.07, 6.45) is 3.29. The van der Waals surface area contributed by atoms with Crippen molar-refractivity contribution in [3.63, 3.8) is 0 Å². The van der Waals surface area contributed by atoms with Crippen LogP contribution in [0.1, 0.15) is 44.6 Å². The average molecular weight is 379 g/mol. The molecule has 2 aliphatic heterocycles. The number of carbonyl (C=O) groups is 2. The Kier molecular flexibility index (Phi) is 5.62. The molecule has 2 heterocycles. The molecule has 1 aromatic rings. The zero-order valence-corrected chi connectivity index (χ0v) is 15.8. The first-order valence-corrected chi connectivity index (χ1v) is 10.6. The highest BCUT2D eigenvalue weighted by atomic mass is 32.2. The molecule has 0 spiro atoms. The quantitative estimate of drug-likeness (QED) is 0.813. The number of hydrogen-bond donors (Lipinski definition) is 2. The van der Waals surface area contributed by atoms with E-state index in [0.717, 1.165) is 18.5 Å². The third-order valence-electron chi connectivity index (χ3n) is 4.90. The molecule has 1 unspecified atom stereocenters. The van der Waals surface area contributed by atoms with Crippen molar-refractivity contribution in [3.05, 3.63) is 23.8 Å². The van der Waals surface area contributed by atoms with Gasteiger partial charge < -0.3 is 10.2 Å². The minimum atomic E-state index is -3.66. The average Bonchev–Trinajstić information content (AvgIpc) is 2.77. The van der Waals surface area contributed by atoms with Crippen molar-refractivity contribution in [1.82, 2.24) is 9.62 Å². The van der Waals surface area contributed by atoms with Crippen molar-refractivity contribution in [2.45, 2.75) is 56.4 Å². The molecule has 0 saturated carbocycles. The summed E-state index contributed by atoms with van der Waals surface area (Å²) in [7, 11) is -3.66.